The summed E-state index contributed by atoms with van der Waals surface area (Å²) in [7, 11) is 1.64. The summed E-state index contributed by atoms with van der Waals surface area (Å²) in [4.78, 5) is 10.9. The first-order valence-corrected chi connectivity index (χ1v) is 5.82. The second-order valence-electron chi connectivity index (χ2n) is 4.68. The van der Waals surface area contributed by atoms with Gasteiger partial charge in [0.25, 0.3) is 0 Å². The van der Waals surface area contributed by atoms with Gasteiger partial charge < -0.3 is 9.84 Å². The third kappa shape index (κ3) is 3.48. The second-order valence-corrected chi connectivity index (χ2v) is 4.68. The van der Waals surface area contributed by atoms with Crippen molar-refractivity contribution >= 4 is 5.97 Å². The molecule has 1 N–H and O–H groups in total. The molecule has 1 atom stereocenters. The highest BCUT2D eigenvalue weighted by Crippen LogP contribution is 2.30. The van der Waals surface area contributed by atoms with Gasteiger partial charge in [0.2, 0.25) is 0 Å². The van der Waals surface area contributed by atoms with Gasteiger partial charge in [-0.15, -0.1) is 0 Å². The van der Waals surface area contributed by atoms with E-state index in [9.17, 15) is 4.79 Å². The number of aliphatic carboxylic acids is 1. The molecule has 3 heteroatoms. The van der Waals surface area contributed by atoms with Crippen molar-refractivity contribution in [3.63, 3.8) is 0 Å². The summed E-state index contributed by atoms with van der Waals surface area (Å²) < 4.78 is 5.20. The van der Waals surface area contributed by atoms with E-state index in [4.69, 9.17) is 9.84 Å². The van der Waals surface area contributed by atoms with Crippen molar-refractivity contribution in [1.29, 1.82) is 0 Å². The summed E-state index contributed by atoms with van der Waals surface area (Å²) in [5.74, 6) is 0.444. The fourth-order valence-electron chi connectivity index (χ4n) is 2.06. The van der Waals surface area contributed by atoms with Crippen LogP contribution in [0.2, 0.25) is 0 Å². The number of hydrogen-bond acceptors (Lipinski definition) is 2. The van der Waals surface area contributed by atoms with E-state index in [0.29, 0.717) is 5.92 Å². The molecule has 0 saturated heterocycles. The lowest BCUT2D eigenvalue weighted by molar-refractivity contribution is -0.137. The number of aryl methyl sites for hydroxylation is 1. The van der Waals surface area contributed by atoms with Crippen LogP contribution in [0.3, 0.4) is 0 Å². The standard InChI is InChI=1S/C14H20O3/c1-9(2)12(8-14(15)16)11-5-6-13(17-4)10(3)7-11/h5-7,9,12H,8H2,1-4H3,(H,15,16)/t12-/m0/s1. The van der Waals surface area contributed by atoms with Crippen LogP contribution in [-0.4, -0.2) is 18.2 Å². The zero-order valence-electron chi connectivity index (χ0n) is 10.9. The second kappa shape index (κ2) is 5.71. The molecule has 0 saturated carbocycles. The Balaban J connectivity index is 3.02. The number of carbonyl (C=O) groups is 1. The Hall–Kier alpha value is -1.51. The molecule has 0 aliphatic rings. The van der Waals surface area contributed by atoms with Crippen LogP contribution in [0.5, 0.6) is 5.75 Å². The maximum Gasteiger partial charge on any atom is 0.303 e. The van der Waals surface area contributed by atoms with E-state index in [1.807, 2.05) is 39.0 Å². The summed E-state index contributed by atoms with van der Waals surface area (Å²) in [6.45, 7) is 6.07. The largest absolute Gasteiger partial charge is 0.496 e. The number of benzene rings is 1. The number of carboxylic acid groups (broad SMARTS) is 1. The number of methoxy groups -OCH3 is 1. The fraction of sp³-hybridized carbons (Fsp3) is 0.500. The van der Waals surface area contributed by atoms with Gasteiger partial charge in [-0.3, -0.25) is 4.79 Å². The Kier molecular flexibility index (Phi) is 4.55. The SMILES string of the molecule is COc1ccc([C@@H](CC(=O)O)C(C)C)cc1C. The molecule has 0 fully saturated rings. The molecule has 0 bridgehead atoms. The van der Waals surface area contributed by atoms with Crippen LogP contribution < -0.4 is 4.74 Å². The third-order valence-electron chi connectivity index (χ3n) is 3.05. The molecular formula is C14H20O3. The minimum absolute atomic E-state index is 0.0529. The predicted octanol–water partition coefficient (Wildman–Crippen LogP) is 3.22. The van der Waals surface area contributed by atoms with Crippen LogP contribution in [0.15, 0.2) is 18.2 Å². The molecule has 0 radical (unpaired) electrons. The molecule has 94 valence electrons. The van der Waals surface area contributed by atoms with Crippen LogP contribution >= 0.6 is 0 Å². The van der Waals surface area contributed by atoms with Gasteiger partial charge >= 0.3 is 5.97 Å². The van der Waals surface area contributed by atoms with Crippen LogP contribution in [0.25, 0.3) is 0 Å². The number of hydrogen-bond donors (Lipinski definition) is 1. The van der Waals surface area contributed by atoms with Crippen LogP contribution in [-0.2, 0) is 4.79 Å². The first-order chi connectivity index (χ1) is 7.95. The van der Waals surface area contributed by atoms with E-state index < -0.39 is 5.97 Å². The summed E-state index contributed by atoms with van der Waals surface area (Å²) in [6.07, 6.45) is 0.170. The average molecular weight is 236 g/mol. The Bertz CT molecular complexity index is 396. The smallest absolute Gasteiger partial charge is 0.303 e. The monoisotopic (exact) mass is 236 g/mol. The molecule has 0 aliphatic heterocycles. The molecule has 17 heavy (non-hydrogen) atoms. The van der Waals surface area contributed by atoms with Crippen molar-refractivity contribution < 1.29 is 14.6 Å². The molecule has 1 rings (SSSR count). The number of ether oxygens (including phenoxy) is 1. The summed E-state index contributed by atoms with van der Waals surface area (Å²) in [5.41, 5.74) is 2.11. The highest BCUT2D eigenvalue weighted by Gasteiger charge is 2.19. The van der Waals surface area contributed by atoms with Gasteiger partial charge in [-0.05, 0) is 36.0 Å². The van der Waals surface area contributed by atoms with Gasteiger partial charge in [-0.25, -0.2) is 0 Å². The van der Waals surface area contributed by atoms with Gasteiger partial charge in [0, 0.05) is 0 Å². The van der Waals surface area contributed by atoms with E-state index in [1.54, 1.807) is 7.11 Å². The molecule has 0 spiro atoms. The number of carboxylic acids is 1. The highest BCUT2D eigenvalue weighted by atomic mass is 16.5. The van der Waals surface area contributed by atoms with E-state index in [0.717, 1.165) is 16.9 Å². The predicted molar refractivity (Wildman–Crippen MR) is 67.6 cm³/mol. The van der Waals surface area contributed by atoms with E-state index in [1.165, 1.54) is 0 Å². The van der Waals surface area contributed by atoms with Crippen LogP contribution in [0.1, 0.15) is 37.3 Å². The molecule has 0 unspecified atom stereocenters. The molecule has 0 aromatic heterocycles. The lowest BCUT2D eigenvalue weighted by Gasteiger charge is -2.20. The van der Waals surface area contributed by atoms with Crippen molar-refractivity contribution in [1.82, 2.24) is 0 Å². The van der Waals surface area contributed by atoms with Gasteiger partial charge in [0.05, 0.1) is 13.5 Å². The Morgan fingerprint density at radius 1 is 1.41 bits per heavy atom. The Morgan fingerprint density at radius 3 is 2.47 bits per heavy atom. The maximum atomic E-state index is 10.9. The maximum absolute atomic E-state index is 10.9. The van der Waals surface area contributed by atoms with E-state index in [2.05, 4.69) is 0 Å². The van der Waals surface area contributed by atoms with Gasteiger partial charge in [-0.2, -0.15) is 0 Å². The molecule has 1 aromatic rings. The lowest BCUT2D eigenvalue weighted by Crippen LogP contribution is -2.12. The summed E-state index contributed by atoms with van der Waals surface area (Å²) in [5, 5.41) is 8.94. The fourth-order valence-corrected chi connectivity index (χ4v) is 2.06. The summed E-state index contributed by atoms with van der Waals surface area (Å²) >= 11 is 0. The van der Waals surface area contributed by atoms with Gasteiger partial charge in [0.1, 0.15) is 5.75 Å². The highest BCUT2D eigenvalue weighted by molar-refractivity contribution is 5.68. The first kappa shape index (κ1) is 13.6. The average Bonchev–Trinajstić information content (AvgIpc) is 2.25. The van der Waals surface area contributed by atoms with Gasteiger partial charge in [0.15, 0.2) is 0 Å². The van der Waals surface area contributed by atoms with Crippen molar-refractivity contribution in [2.45, 2.75) is 33.1 Å². The van der Waals surface area contributed by atoms with Crippen molar-refractivity contribution in [3.8, 4) is 5.75 Å². The lowest BCUT2D eigenvalue weighted by atomic mass is 9.85. The van der Waals surface area contributed by atoms with Crippen molar-refractivity contribution in [2.24, 2.45) is 5.92 Å². The first-order valence-electron chi connectivity index (χ1n) is 5.82. The molecule has 1 aromatic carbocycles. The molecule has 3 nitrogen and oxygen atoms in total. The Labute approximate surface area is 102 Å². The third-order valence-corrected chi connectivity index (χ3v) is 3.05. The van der Waals surface area contributed by atoms with Gasteiger partial charge in [-0.1, -0.05) is 26.0 Å². The molecule has 0 amide bonds. The molecular weight excluding hydrogens is 216 g/mol. The van der Waals surface area contributed by atoms with Crippen molar-refractivity contribution in [3.05, 3.63) is 29.3 Å². The zero-order valence-corrected chi connectivity index (χ0v) is 10.9. The van der Waals surface area contributed by atoms with Crippen molar-refractivity contribution in [2.75, 3.05) is 7.11 Å². The van der Waals surface area contributed by atoms with E-state index in [-0.39, 0.29) is 12.3 Å². The minimum atomic E-state index is -0.753. The molecule has 0 heterocycles. The number of rotatable bonds is 5. The van der Waals surface area contributed by atoms with Crippen LogP contribution in [0.4, 0.5) is 0 Å². The quantitative estimate of drug-likeness (QED) is 0.853. The topological polar surface area (TPSA) is 46.5 Å². The zero-order chi connectivity index (χ0) is 13.0. The van der Waals surface area contributed by atoms with E-state index >= 15 is 0 Å². The molecule has 0 aliphatic carbocycles. The minimum Gasteiger partial charge on any atom is -0.496 e. The Morgan fingerprint density at radius 2 is 2.06 bits per heavy atom. The normalized spacial score (nSPS) is 12.5. The summed E-state index contributed by atoms with van der Waals surface area (Å²) in [6, 6.07) is 5.88. The van der Waals surface area contributed by atoms with Crippen LogP contribution in [0, 0.1) is 12.8 Å².